The molecule has 0 bridgehead atoms. The summed E-state index contributed by atoms with van der Waals surface area (Å²) in [7, 11) is 0. The number of ether oxygens (including phenoxy) is 1. The summed E-state index contributed by atoms with van der Waals surface area (Å²) in [6.45, 7) is 3.46. The molecule has 0 saturated carbocycles. The average Bonchev–Trinajstić information content (AvgIpc) is 2.77. The first kappa shape index (κ1) is 10.4. The molecule has 1 N–H and O–H groups in total. The first-order valence-electron chi connectivity index (χ1n) is 4.40. The van der Waals surface area contributed by atoms with Crippen molar-refractivity contribution in [2.75, 3.05) is 13.2 Å². The van der Waals surface area contributed by atoms with E-state index in [1.807, 2.05) is 6.92 Å². The van der Waals surface area contributed by atoms with Crippen molar-refractivity contribution in [1.29, 1.82) is 0 Å². The van der Waals surface area contributed by atoms with E-state index in [9.17, 15) is 9.59 Å². The van der Waals surface area contributed by atoms with Crippen molar-refractivity contribution in [2.24, 2.45) is 4.99 Å². The van der Waals surface area contributed by atoms with E-state index >= 15 is 0 Å². The molecule has 5 nitrogen and oxygen atoms in total. The van der Waals surface area contributed by atoms with Gasteiger partial charge >= 0.3 is 0 Å². The van der Waals surface area contributed by atoms with Gasteiger partial charge in [0.1, 0.15) is 6.61 Å². The molecule has 0 saturated heterocycles. The first-order valence-corrected chi connectivity index (χ1v) is 4.40. The van der Waals surface area contributed by atoms with Crippen LogP contribution in [0.3, 0.4) is 0 Å². The molecule has 76 valence electrons. The van der Waals surface area contributed by atoms with Crippen LogP contribution >= 0.6 is 0 Å². The third-order valence-corrected chi connectivity index (χ3v) is 1.70. The number of rotatable bonds is 1. The molecule has 0 aromatic carbocycles. The minimum Gasteiger partial charge on any atom is -0.482 e. The van der Waals surface area contributed by atoms with Gasteiger partial charge in [-0.3, -0.25) is 19.9 Å². The highest BCUT2D eigenvalue weighted by molar-refractivity contribution is 6.16. The summed E-state index contributed by atoms with van der Waals surface area (Å²) in [6, 6.07) is 0. The van der Waals surface area contributed by atoms with E-state index in [4.69, 9.17) is 0 Å². The van der Waals surface area contributed by atoms with Gasteiger partial charge in [-0.05, 0) is 6.42 Å². The van der Waals surface area contributed by atoms with Gasteiger partial charge in [0.15, 0.2) is 6.40 Å². The van der Waals surface area contributed by atoms with Gasteiger partial charge in [0, 0.05) is 11.6 Å². The second-order valence-electron chi connectivity index (χ2n) is 2.72. The fourth-order valence-electron chi connectivity index (χ4n) is 0.978. The summed E-state index contributed by atoms with van der Waals surface area (Å²) >= 11 is 0. The Morgan fingerprint density at radius 3 is 2.57 bits per heavy atom. The van der Waals surface area contributed by atoms with Gasteiger partial charge in [0.05, 0.1) is 6.54 Å². The van der Waals surface area contributed by atoms with Crippen molar-refractivity contribution in [1.82, 2.24) is 5.32 Å². The Hall–Kier alpha value is -1.65. The summed E-state index contributed by atoms with van der Waals surface area (Å²) in [5, 5.41) is 2.15. The van der Waals surface area contributed by atoms with E-state index in [2.05, 4.69) is 15.0 Å². The fraction of sp³-hybridized carbons (Fsp3) is 0.444. The molecule has 0 spiro atoms. The summed E-state index contributed by atoms with van der Waals surface area (Å²) in [6.07, 6.45) is 3.44. The second-order valence-corrected chi connectivity index (χ2v) is 2.72. The van der Waals surface area contributed by atoms with Gasteiger partial charge in [0.25, 0.3) is 11.8 Å². The minimum absolute atomic E-state index is 0.248. The maximum absolute atomic E-state index is 10.6. The van der Waals surface area contributed by atoms with Gasteiger partial charge in [-0.2, -0.15) is 0 Å². The van der Waals surface area contributed by atoms with Crippen LogP contribution in [-0.4, -0.2) is 31.4 Å². The number of carbonyl (C=O) groups excluding carboxylic acids is 2. The quantitative estimate of drug-likeness (QED) is 0.601. The molecule has 0 aromatic heterocycles. The second kappa shape index (κ2) is 5.16. The Morgan fingerprint density at radius 2 is 2.36 bits per heavy atom. The SMILES string of the molecule is C1=NCCO1.CCC1=CC(=O)NC1=O. The Morgan fingerprint density at radius 1 is 1.57 bits per heavy atom. The highest BCUT2D eigenvalue weighted by Crippen LogP contribution is 2.04. The minimum atomic E-state index is -0.295. The summed E-state index contributed by atoms with van der Waals surface area (Å²) < 4.78 is 4.65. The van der Waals surface area contributed by atoms with E-state index in [0.717, 1.165) is 13.2 Å². The summed E-state index contributed by atoms with van der Waals surface area (Å²) in [5.41, 5.74) is 0.569. The third kappa shape index (κ3) is 3.01. The third-order valence-electron chi connectivity index (χ3n) is 1.70. The molecule has 0 unspecified atom stereocenters. The average molecular weight is 196 g/mol. The summed E-state index contributed by atoms with van der Waals surface area (Å²) in [5.74, 6) is -0.542. The predicted molar refractivity (Wildman–Crippen MR) is 50.8 cm³/mol. The normalized spacial score (nSPS) is 18.2. The molecule has 0 fully saturated rings. The lowest BCUT2D eigenvalue weighted by Gasteiger charge is -1.89. The van der Waals surface area contributed by atoms with Crippen LogP contribution in [-0.2, 0) is 14.3 Å². The van der Waals surface area contributed by atoms with Crippen LogP contribution in [0.25, 0.3) is 0 Å². The number of imide groups is 1. The molecule has 5 heteroatoms. The van der Waals surface area contributed by atoms with Crippen molar-refractivity contribution in [3.8, 4) is 0 Å². The maximum atomic E-state index is 10.6. The molecule has 2 amide bonds. The zero-order valence-electron chi connectivity index (χ0n) is 7.95. The topological polar surface area (TPSA) is 67.8 Å². The van der Waals surface area contributed by atoms with Crippen LogP contribution in [0.4, 0.5) is 0 Å². The number of amides is 2. The van der Waals surface area contributed by atoms with Gasteiger partial charge in [-0.25, -0.2) is 0 Å². The first-order chi connectivity index (χ1) is 6.74. The van der Waals surface area contributed by atoms with Crippen molar-refractivity contribution in [3.63, 3.8) is 0 Å². The molecule has 0 aliphatic carbocycles. The Labute approximate surface area is 81.8 Å². The van der Waals surface area contributed by atoms with Gasteiger partial charge in [-0.1, -0.05) is 6.92 Å². The van der Waals surface area contributed by atoms with Crippen molar-refractivity contribution >= 4 is 18.2 Å². The standard InChI is InChI=1S/C6H7NO2.C3H5NO/c1-2-4-3-5(8)7-6(4)9;1-2-5-3-4-1/h3H,2H2,1H3,(H,7,8,9);3H,1-2H2. The van der Waals surface area contributed by atoms with Crippen LogP contribution in [0.1, 0.15) is 13.3 Å². The van der Waals surface area contributed by atoms with Gasteiger partial charge in [0.2, 0.25) is 0 Å². The van der Waals surface area contributed by atoms with Crippen molar-refractivity contribution < 1.29 is 14.3 Å². The van der Waals surface area contributed by atoms with E-state index in [0.29, 0.717) is 12.0 Å². The molecule has 14 heavy (non-hydrogen) atoms. The van der Waals surface area contributed by atoms with Crippen LogP contribution in [0.5, 0.6) is 0 Å². The molecular weight excluding hydrogens is 184 g/mol. The molecule has 0 atom stereocenters. The number of carbonyl (C=O) groups is 2. The van der Waals surface area contributed by atoms with E-state index < -0.39 is 0 Å². The number of nitrogens with one attached hydrogen (secondary N) is 1. The van der Waals surface area contributed by atoms with Crippen LogP contribution in [0.15, 0.2) is 16.6 Å². The van der Waals surface area contributed by atoms with E-state index in [1.54, 1.807) is 0 Å². The Balaban J connectivity index is 0.000000165. The van der Waals surface area contributed by atoms with Crippen LogP contribution in [0, 0.1) is 0 Å². The lowest BCUT2D eigenvalue weighted by molar-refractivity contribution is -0.123. The van der Waals surface area contributed by atoms with E-state index in [1.165, 1.54) is 12.5 Å². The highest BCUT2D eigenvalue weighted by Gasteiger charge is 2.17. The fourth-order valence-corrected chi connectivity index (χ4v) is 0.978. The number of hydrogen-bond acceptors (Lipinski definition) is 4. The zero-order chi connectivity index (χ0) is 10.4. The monoisotopic (exact) mass is 196 g/mol. The van der Waals surface area contributed by atoms with Gasteiger partial charge < -0.3 is 4.74 Å². The van der Waals surface area contributed by atoms with Crippen molar-refractivity contribution in [2.45, 2.75) is 13.3 Å². The molecule has 2 aliphatic heterocycles. The largest absolute Gasteiger partial charge is 0.482 e. The Bertz CT molecular complexity index is 288. The van der Waals surface area contributed by atoms with Gasteiger partial charge in [-0.15, -0.1) is 0 Å². The zero-order valence-corrected chi connectivity index (χ0v) is 7.95. The molecule has 0 aromatic rings. The number of aliphatic imine (C=N–C) groups is 1. The molecule has 2 heterocycles. The lowest BCUT2D eigenvalue weighted by atomic mass is 10.2. The summed E-state index contributed by atoms with van der Waals surface area (Å²) in [4.78, 5) is 24.8. The van der Waals surface area contributed by atoms with E-state index in [-0.39, 0.29) is 11.8 Å². The van der Waals surface area contributed by atoms with Crippen molar-refractivity contribution in [3.05, 3.63) is 11.6 Å². The number of hydrogen-bond donors (Lipinski definition) is 1. The smallest absolute Gasteiger partial charge is 0.254 e. The molecule has 2 aliphatic rings. The highest BCUT2D eigenvalue weighted by atomic mass is 16.5. The predicted octanol–water partition coefficient (Wildman–Crippen LogP) is 0.0241. The maximum Gasteiger partial charge on any atom is 0.254 e. The lowest BCUT2D eigenvalue weighted by Crippen LogP contribution is -2.21. The van der Waals surface area contributed by atoms with Crippen LogP contribution in [0.2, 0.25) is 0 Å². The number of nitrogens with zero attached hydrogens (tertiary/aromatic N) is 1. The molecule has 2 rings (SSSR count). The molecular formula is C9H12N2O3. The molecule has 0 radical (unpaired) electrons. The Kier molecular flexibility index (Phi) is 3.84. The van der Waals surface area contributed by atoms with Crippen LogP contribution < -0.4 is 5.32 Å².